The average molecular weight is 485 g/mol. The van der Waals surface area contributed by atoms with Crippen LogP contribution in [-0.4, -0.2) is 40.7 Å². The van der Waals surface area contributed by atoms with Crippen LogP contribution in [0.2, 0.25) is 19.6 Å². The molecule has 6 atom stereocenters. The van der Waals surface area contributed by atoms with Crippen LogP contribution in [0.1, 0.15) is 98.8 Å². The van der Waals surface area contributed by atoms with Crippen molar-refractivity contribution in [2.45, 2.75) is 125 Å². The molecule has 1 rings (SSSR count). The molecule has 0 aromatic heterocycles. The minimum Gasteiger partial charge on any atom is -0.469 e. The molecule has 1 aliphatic rings. The van der Waals surface area contributed by atoms with E-state index in [-0.39, 0.29) is 5.97 Å². The lowest BCUT2D eigenvalue weighted by Gasteiger charge is -2.39. The first-order valence-corrected chi connectivity index (χ1v) is 17.2. The zero-order valence-corrected chi connectivity index (χ0v) is 24.5. The van der Waals surface area contributed by atoms with Gasteiger partial charge in [-0.3, -0.25) is 4.79 Å². The Balaban J connectivity index is 2.29. The third kappa shape index (κ3) is 11.3. The van der Waals surface area contributed by atoms with E-state index in [9.17, 15) is 4.79 Å². The Bertz CT molecular complexity index is 547. The second-order valence-corrected chi connectivity index (χ2v) is 16.6. The summed E-state index contributed by atoms with van der Waals surface area (Å²) in [5.74, 6) is 2.62. The first-order valence-electron chi connectivity index (χ1n) is 13.7. The largest absolute Gasteiger partial charge is 0.469 e. The SMILES string of the molecule is CC[C@H](CC(C)CCOCCCC[C@@]1(C)C(C)CCC1[C@H](C)CCC(=O)OC)O[Si](C)(C)C. The Labute approximate surface area is 207 Å². The number of hydrogen-bond donors (Lipinski definition) is 0. The number of methoxy groups -OCH3 is 1. The number of hydrogen-bond acceptors (Lipinski definition) is 4. The number of rotatable bonds is 17. The van der Waals surface area contributed by atoms with Crippen LogP contribution < -0.4 is 0 Å². The molecule has 0 heterocycles. The first-order chi connectivity index (χ1) is 15.4. The molecular formula is C28H56O4Si. The molecule has 5 heteroatoms. The Kier molecular flexibility index (Phi) is 13.8. The summed E-state index contributed by atoms with van der Waals surface area (Å²) < 4.78 is 17.2. The van der Waals surface area contributed by atoms with Crippen molar-refractivity contribution in [3.05, 3.63) is 0 Å². The summed E-state index contributed by atoms with van der Waals surface area (Å²) in [6.45, 7) is 20.4. The summed E-state index contributed by atoms with van der Waals surface area (Å²) in [7, 11) is 0.0289. The van der Waals surface area contributed by atoms with Gasteiger partial charge in [-0.25, -0.2) is 0 Å². The molecule has 0 N–H and O–H groups in total. The van der Waals surface area contributed by atoms with E-state index in [4.69, 9.17) is 13.9 Å². The molecule has 1 aliphatic carbocycles. The Morgan fingerprint density at radius 2 is 1.79 bits per heavy atom. The van der Waals surface area contributed by atoms with Gasteiger partial charge in [0, 0.05) is 25.7 Å². The lowest BCUT2D eigenvalue weighted by Crippen LogP contribution is -2.32. The molecule has 0 aliphatic heterocycles. The molecule has 1 saturated carbocycles. The summed E-state index contributed by atoms with van der Waals surface area (Å²) in [4.78, 5) is 11.6. The van der Waals surface area contributed by atoms with Crippen LogP contribution in [0, 0.1) is 29.1 Å². The molecule has 0 spiro atoms. The van der Waals surface area contributed by atoms with Gasteiger partial charge < -0.3 is 13.9 Å². The van der Waals surface area contributed by atoms with Crippen molar-refractivity contribution in [2.75, 3.05) is 20.3 Å². The zero-order valence-electron chi connectivity index (χ0n) is 23.5. The van der Waals surface area contributed by atoms with Crippen LogP contribution in [0.15, 0.2) is 0 Å². The fraction of sp³-hybridized carbons (Fsp3) is 0.964. The molecule has 0 aromatic rings. The van der Waals surface area contributed by atoms with Gasteiger partial charge in [-0.1, -0.05) is 41.0 Å². The van der Waals surface area contributed by atoms with Gasteiger partial charge in [0.25, 0.3) is 0 Å². The van der Waals surface area contributed by atoms with Crippen LogP contribution in [-0.2, 0) is 18.7 Å². The van der Waals surface area contributed by atoms with Crippen molar-refractivity contribution in [2.24, 2.45) is 29.1 Å². The Morgan fingerprint density at radius 1 is 1.09 bits per heavy atom. The highest BCUT2D eigenvalue weighted by molar-refractivity contribution is 6.69. The minimum atomic E-state index is -1.46. The third-order valence-electron chi connectivity index (χ3n) is 8.25. The summed E-state index contributed by atoms with van der Waals surface area (Å²) in [6, 6.07) is 0. The lowest BCUT2D eigenvalue weighted by atomic mass is 9.66. The van der Waals surface area contributed by atoms with Gasteiger partial charge in [0.2, 0.25) is 0 Å². The second-order valence-electron chi connectivity index (χ2n) is 12.1. The fourth-order valence-electron chi connectivity index (χ4n) is 5.93. The molecule has 196 valence electrons. The highest BCUT2D eigenvalue weighted by Gasteiger charge is 2.45. The van der Waals surface area contributed by atoms with Gasteiger partial charge in [0.15, 0.2) is 8.32 Å². The number of carbonyl (C=O) groups excluding carboxylic acids is 1. The maximum absolute atomic E-state index is 11.6. The van der Waals surface area contributed by atoms with E-state index < -0.39 is 8.32 Å². The summed E-state index contributed by atoms with van der Waals surface area (Å²) in [6.07, 6.45) is 11.6. The van der Waals surface area contributed by atoms with Gasteiger partial charge in [-0.15, -0.1) is 0 Å². The molecule has 33 heavy (non-hydrogen) atoms. The van der Waals surface area contributed by atoms with Crippen LogP contribution in [0.25, 0.3) is 0 Å². The van der Waals surface area contributed by atoms with Gasteiger partial charge >= 0.3 is 5.97 Å². The highest BCUT2D eigenvalue weighted by atomic mass is 28.4. The quantitative estimate of drug-likeness (QED) is 0.120. The van der Waals surface area contributed by atoms with E-state index in [0.717, 1.165) is 51.2 Å². The van der Waals surface area contributed by atoms with Crippen molar-refractivity contribution >= 4 is 14.3 Å². The zero-order chi connectivity index (χ0) is 25.1. The predicted molar refractivity (Wildman–Crippen MR) is 142 cm³/mol. The van der Waals surface area contributed by atoms with Crippen LogP contribution in [0.3, 0.4) is 0 Å². The summed E-state index contributed by atoms with van der Waals surface area (Å²) >= 11 is 0. The molecule has 4 nitrogen and oxygen atoms in total. The minimum absolute atomic E-state index is 0.0742. The summed E-state index contributed by atoms with van der Waals surface area (Å²) in [5.41, 5.74) is 0.385. The van der Waals surface area contributed by atoms with Gasteiger partial charge in [-0.2, -0.15) is 0 Å². The normalized spacial score (nSPS) is 26.2. The fourth-order valence-corrected chi connectivity index (χ4v) is 7.19. The molecule has 1 fully saturated rings. The molecule has 0 amide bonds. The maximum Gasteiger partial charge on any atom is 0.305 e. The number of esters is 1. The first kappa shape index (κ1) is 30.6. The van der Waals surface area contributed by atoms with Crippen LogP contribution >= 0.6 is 0 Å². The maximum atomic E-state index is 11.6. The standard InChI is InChI=1S/C28H56O4Si/c1-10-25(32-33(7,8)9)21-22(2)17-20-31-19-12-11-18-28(5)24(4)14-15-26(28)23(3)13-16-27(29)30-6/h22-26H,10-21H2,1-9H3/t22?,23-,24?,25-,26?,28+/m1/s1. The van der Waals surface area contributed by atoms with Crippen molar-refractivity contribution in [3.63, 3.8) is 0 Å². The van der Waals surface area contributed by atoms with Crippen molar-refractivity contribution in [1.29, 1.82) is 0 Å². The molecule has 3 unspecified atom stereocenters. The molecular weight excluding hydrogens is 428 g/mol. The highest BCUT2D eigenvalue weighted by Crippen LogP contribution is 2.54. The van der Waals surface area contributed by atoms with E-state index in [0.29, 0.717) is 35.7 Å². The molecule has 0 saturated heterocycles. The number of unbranched alkanes of at least 4 members (excludes halogenated alkanes) is 1. The van der Waals surface area contributed by atoms with Crippen LogP contribution in [0.5, 0.6) is 0 Å². The molecule has 0 radical (unpaired) electrons. The molecule has 0 aromatic carbocycles. The van der Waals surface area contributed by atoms with Gasteiger partial charge in [0.05, 0.1) is 7.11 Å². The van der Waals surface area contributed by atoms with E-state index in [1.54, 1.807) is 0 Å². The third-order valence-corrected chi connectivity index (χ3v) is 9.29. The number of ether oxygens (including phenoxy) is 2. The summed E-state index contributed by atoms with van der Waals surface area (Å²) in [5, 5.41) is 0. The number of carbonyl (C=O) groups is 1. The smallest absolute Gasteiger partial charge is 0.305 e. The van der Waals surface area contributed by atoms with Gasteiger partial charge in [-0.05, 0) is 100 Å². The van der Waals surface area contributed by atoms with E-state index in [1.807, 2.05) is 0 Å². The van der Waals surface area contributed by atoms with Crippen molar-refractivity contribution < 1.29 is 18.7 Å². The van der Waals surface area contributed by atoms with Crippen molar-refractivity contribution in [3.8, 4) is 0 Å². The lowest BCUT2D eigenvalue weighted by molar-refractivity contribution is -0.141. The van der Waals surface area contributed by atoms with E-state index in [2.05, 4.69) is 54.3 Å². The van der Waals surface area contributed by atoms with E-state index >= 15 is 0 Å². The Morgan fingerprint density at radius 3 is 2.39 bits per heavy atom. The molecule has 0 bridgehead atoms. The van der Waals surface area contributed by atoms with E-state index in [1.165, 1.54) is 32.8 Å². The average Bonchev–Trinajstić information content (AvgIpc) is 3.03. The predicted octanol–water partition coefficient (Wildman–Crippen LogP) is 7.86. The van der Waals surface area contributed by atoms with Crippen molar-refractivity contribution in [1.82, 2.24) is 0 Å². The Hall–Kier alpha value is -0.393. The van der Waals surface area contributed by atoms with Crippen LogP contribution in [0.4, 0.5) is 0 Å². The van der Waals surface area contributed by atoms with Gasteiger partial charge in [0.1, 0.15) is 0 Å². The monoisotopic (exact) mass is 484 g/mol. The second kappa shape index (κ2) is 14.9. The topological polar surface area (TPSA) is 44.8 Å².